The molecule has 0 saturated heterocycles. The Bertz CT molecular complexity index is 649. The van der Waals surface area contributed by atoms with Gasteiger partial charge in [0.25, 0.3) is 0 Å². The smallest absolute Gasteiger partial charge is 0.469 e. The molecule has 148 valence electrons. The van der Waals surface area contributed by atoms with Crippen molar-refractivity contribution >= 4 is 20.1 Å². The van der Waals surface area contributed by atoms with Crippen LogP contribution in [-0.4, -0.2) is 49.8 Å². The Balaban J connectivity index is 0.000000541. The Morgan fingerprint density at radius 3 is 2.50 bits per heavy atom. The maximum Gasteiger partial charge on any atom is 0.469 e. The van der Waals surface area contributed by atoms with Crippen LogP contribution in [0.1, 0.15) is 40.9 Å². The van der Waals surface area contributed by atoms with Gasteiger partial charge in [0, 0.05) is 11.8 Å². The van der Waals surface area contributed by atoms with Gasteiger partial charge in [-0.25, -0.2) is 4.57 Å². The van der Waals surface area contributed by atoms with Gasteiger partial charge in [0.15, 0.2) is 6.29 Å². The highest BCUT2D eigenvalue weighted by Gasteiger charge is 2.17. The molecule has 1 aromatic rings. The molecule has 0 amide bonds. The molecule has 26 heavy (non-hydrogen) atoms. The van der Waals surface area contributed by atoms with Gasteiger partial charge in [-0.15, -0.1) is 0 Å². The van der Waals surface area contributed by atoms with E-state index in [1.807, 2.05) is 0 Å². The monoisotopic (exact) mass is 393 g/mol. The van der Waals surface area contributed by atoms with Gasteiger partial charge < -0.3 is 31.5 Å². The quantitative estimate of drug-likeness (QED) is 0.187. The number of aryl methyl sites for hydroxylation is 1. The van der Waals surface area contributed by atoms with E-state index < -0.39 is 26.4 Å². The Morgan fingerprint density at radius 2 is 2.04 bits per heavy atom. The maximum atomic E-state index is 10.7. The highest BCUT2D eigenvalue weighted by atomic mass is 31.2. The Hall–Kier alpha value is -1.88. The first kappa shape index (κ1) is 24.1. The number of aliphatic carboxylic acids is 1. The number of hydrogen-bond acceptors (Lipinski definition) is 8. The number of hydrogen-bond donors (Lipinski definition) is 6. The number of aromatic hydroxyl groups is 1. The van der Waals surface area contributed by atoms with E-state index >= 15 is 0 Å². The number of aldehydes is 1. The molecule has 8 N–H and O–H groups in total. The maximum absolute atomic E-state index is 10.7. The molecule has 0 radical (unpaired) electrons. The van der Waals surface area contributed by atoms with Gasteiger partial charge >= 0.3 is 13.8 Å². The SMILES string of the molecule is Cc1ncc(COP(=O)(O)O)c(C=O)c1O.NCCCC[C@H](N)C(=O)O. The molecule has 1 atom stereocenters. The second kappa shape index (κ2) is 11.7. The molecular formula is C14H24N3O8P. The first-order chi connectivity index (χ1) is 12.0. The van der Waals surface area contributed by atoms with Crippen LogP contribution in [0.5, 0.6) is 5.75 Å². The molecule has 11 nitrogen and oxygen atoms in total. The minimum absolute atomic E-state index is 0.0825. The summed E-state index contributed by atoms with van der Waals surface area (Å²) in [7, 11) is -4.61. The van der Waals surface area contributed by atoms with Crippen LogP contribution in [-0.2, 0) is 20.5 Å². The largest absolute Gasteiger partial charge is 0.505 e. The summed E-state index contributed by atoms with van der Waals surface area (Å²) in [4.78, 5) is 41.5. The normalized spacial score (nSPS) is 12.0. The summed E-state index contributed by atoms with van der Waals surface area (Å²) >= 11 is 0. The standard InChI is InChI=1S/C8H10NO6P.C6H14N2O2/c1-5-8(11)7(3-10)6(2-9-5)4-15-16(12,13)14;7-4-2-1-3-5(8)6(9)10/h2-3,11H,4H2,1H3,(H2,12,13,14);5H,1-4,7-8H2,(H,9,10)/t;5-/m.0/s1. The van der Waals surface area contributed by atoms with Gasteiger partial charge in [-0.3, -0.25) is 19.1 Å². The number of nitrogens with zero attached hydrogens (tertiary/aromatic N) is 1. The van der Waals surface area contributed by atoms with E-state index in [0.717, 1.165) is 12.8 Å². The van der Waals surface area contributed by atoms with Gasteiger partial charge in [-0.2, -0.15) is 0 Å². The number of unbranched alkanes of at least 4 members (excludes halogenated alkanes) is 1. The lowest BCUT2D eigenvalue weighted by Gasteiger charge is -2.09. The van der Waals surface area contributed by atoms with Crippen LogP contribution in [0.2, 0.25) is 0 Å². The van der Waals surface area contributed by atoms with Crippen LogP contribution >= 0.6 is 7.82 Å². The van der Waals surface area contributed by atoms with Crippen LogP contribution in [0.25, 0.3) is 0 Å². The van der Waals surface area contributed by atoms with Crippen molar-refractivity contribution in [1.82, 2.24) is 4.98 Å². The molecule has 0 fully saturated rings. The second-order valence-electron chi connectivity index (χ2n) is 5.24. The first-order valence-electron chi connectivity index (χ1n) is 7.54. The molecule has 1 heterocycles. The summed E-state index contributed by atoms with van der Waals surface area (Å²) in [6, 6.07) is -0.716. The number of carboxylic acids is 1. The molecule has 0 aliphatic carbocycles. The van der Waals surface area contributed by atoms with E-state index in [1.54, 1.807) is 0 Å². The van der Waals surface area contributed by atoms with Crippen molar-refractivity contribution in [2.75, 3.05) is 6.54 Å². The average Bonchev–Trinajstić information content (AvgIpc) is 2.55. The summed E-state index contributed by atoms with van der Waals surface area (Å²) in [5, 5.41) is 17.8. The Kier molecular flexibility index (Phi) is 10.8. The van der Waals surface area contributed by atoms with E-state index in [4.69, 9.17) is 26.4 Å². The van der Waals surface area contributed by atoms with Crippen LogP contribution in [0.3, 0.4) is 0 Å². The topological polar surface area (TPSA) is 206 Å². The van der Waals surface area contributed by atoms with Crippen LogP contribution in [0, 0.1) is 6.92 Å². The first-order valence-corrected chi connectivity index (χ1v) is 9.07. The second-order valence-corrected chi connectivity index (χ2v) is 6.48. The van der Waals surface area contributed by atoms with Crippen molar-refractivity contribution in [3.05, 3.63) is 23.0 Å². The number of carboxylic acid groups (broad SMARTS) is 1. The summed E-state index contributed by atoms with van der Waals surface area (Å²) in [5.74, 6) is -1.25. The van der Waals surface area contributed by atoms with E-state index in [0.29, 0.717) is 19.3 Å². The average molecular weight is 393 g/mol. The number of rotatable bonds is 9. The highest BCUT2D eigenvalue weighted by molar-refractivity contribution is 7.46. The fourth-order valence-corrected chi connectivity index (χ4v) is 1.99. The fourth-order valence-electron chi connectivity index (χ4n) is 1.68. The molecule has 0 aliphatic heterocycles. The predicted molar refractivity (Wildman–Crippen MR) is 91.4 cm³/mol. The lowest BCUT2D eigenvalue weighted by Crippen LogP contribution is -2.29. The summed E-state index contributed by atoms with van der Waals surface area (Å²) < 4.78 is 14.7. The zero-order valence-corrected chi connectivity index (χ0v) is 15.1. The number of carbonyl (C=O) groups excluding carboxylic acids is 1. The van der Waals surface area contributed by atoms with Crippen molar-refractivity contribution in [1.29, 1.82) is 0 Å². The Labute approximate surface area is 150 Å². The summed E-state index contributed by atoms with van der Waals surface area (Å²) in [6.07, 6.45) is 3.76. The molecule has 1 rings (SSSR count). The number of phosphoric ester groups is 1. The van der Waals surface area contributed by atoms with Gasteiger partial charge in [0.1, 0.15) is 11.8 Å². The van der Waals surface area contributed by atoms with Crippen molar-refractivity contribution in [3.8, 4) is 5.75 Å². The van der Waals surface area contributed by atoms with Crippen LogP contribution in [0.4, 0.5) is 0 Å². The molecule has 0 spiro atoms. The van der Waals surface area contributed by atoms with E-state index in [9.17, 15) is 19.3 Å². The molecular weight excluding hydrogens is 369 g/mol. The molecule has 0 saturated carbocycles. The third-order valence-electron chi connectivity index (χ3n) is 3.15. The van der Waals surface area contributed by atoms with Gasteiger partial charge in [-0.05, 0) is 26.3 Å². The number of nitrogens with two attached hydrogens (primary N) is 2. The zero-order valence-electron chi connectivity index (χ0n) is 14.2. The molecule has 0 bridgehead atoms. The molecule has 1 aromatic heterocycles. The van der Waals surface area contributed by atoms with E-state index in [2.05, 4.69) is 9.51 Å². The van der Waals surface area contributed by atoms with Crippen molar-refractivity contribution in [3.63, 3.8) is 0 Å². The zero-order chi connectivity index (χ0) is 20.3. The van der Waals surface area contributed by atoms with Gasteiger partial charge in [0.2, 0.25) is 0 Å². The minimum atomic E-state index is -4.61. The molecule has 0 aromatic carbocycles. The number of pyridine rings is 1. The minimum Gasteiger partial charge on any atom is -0.505 e. The van der Waals surface area contributed by atoms with Crippen molar-refractivity contribution < 1.29 is 38.7 Å². The lowest BCUT2D eigenvalue weighted by atomic mass is 10.1. The third-order valence-corrected chi connectivity index (χ3v) is 3.62. The number of carbonyl (C=O) groups is 2. The molecule has 0 aliphatic rings. The number of aromatic nitrogens is 1. The van der Waals surface area contributed by atoms with Crippen molar-refractivity contribution in [2.24, 2.45) is 11.5 Å². The van der Waals surface area contributed by atoms with Gasteiger partial charge in [-0.1, -0.05) is 6.42 Å². The van der Waals surface area contributed by atoms with Crippen LogP contribution < -0.4 is 11.5 Å². The predicted octanol–water partition coefficient (Wildman–Crippen LogP) is 0.0447. The summed E-state index contributed by atoms with van der Waals surface area (Å²) in [6.45, 7) is 1.60. The third kappa shape index (κ3) is 9.56. The fraction of sp³-hybridized carbons (Fsp3) is 0.500. The summed E-state index contributed by atoms with van der Waals surface area (Å²) in [5.41, 5.74) is 10.7. The lowest BCUT2D eigenvalue weighted by molar-refractivity contribution is -0.138. The highest BCUT2D eigenvalue weighted by Crippen LogP contribution is 2.37. The van der Waals surface area contributed by atoms with E-state index in [-0.39, 0.29) is 22.6 Å². The van der Waals surface area contributed by atoms with E-state index in [1.165, 1.54) is 13.1 Å². The van der Waals surface area contributed by atoms with Crippen molar-refractivity contribution in [2.45, 2.75) is 38.8 Å². The Morgan fingerprint density at radius 1 is 1.42 bits per heavy atom. The number of phosphoric acid groups is 1. The molecule has 0 unspecified atom stereocenters. The van der Waals surface area contributed by atoms with Crippen LogP contribution in [0.15, 0.2) is 6.20 Å². The molecule has 12 heteroatoms. The van der Waals surface area contributed by atoms with Gasteiger partial charge in [0.05, 0.1) is 17.9 Å².